The van der Waals surface area contributed by atoms with Crippen molar-refractivity contribution in [1.82, 2.24) is 10.3 Å². The van der Waals surface area contributed by atoms with Gasteiger partial charge in [0.25, 0.3) is 5.91 Å². The van der Waals surface area contributed by atoms with Gasteiger partial charge >= 0.3 is 5.97 Å². The summed E-state index contributed by atoms with van der Waals surface area (Å²) in [5, 5.41) is 3.51. The van der Waals surface area contributed by atoms with Crippen LogP contribution in [0.15, 0.2) is 30.3 Å². The SMILES string of the molecule is Cc1cc(C(=O)O[C@@H]2CCCCNC2=O)c2ccccc2n1. The quantitative estimate of drug-likeness (QED) is 0.864. The standard InChI is InChI=1S/C17H18N2O3/c1-11-10-13(12-6-2-3-7-14(12)19-11)17(21)22-15-8-4-5-9-18-16(15)20/h2-3,6-7,10,15H,4-5,8-9H2,1H3,(H,18,20)/t15-/m1/s1. The zero-order valence-electron chi connectivity index (χ0n) is 12.5. The summed E-state index contributed by atoms with van der Waals surface area (Å²) in [6.45, 7) is 2.48. The number of ether oxygens (including phenoxy) is 1. The van der Waals surface area contributed by atoms with Crippen LogP contribution >= 0.6 is 0 Å². The second kappa shape index (κ2) is 6.13. The fourth-order valence-electron chi connectivity index (χ4n) is 2.69. The number of amides is 1. The van der Waals surface area contributed by atoms with E-state index < -0.39 is 12.1 Å². The first-order valence-corrected chi connectivity index (χ1v) is 7.50. The molecule has 5 heteroatoms. The molecule has 3 rings (SSSR count). The Morgan fingerprint density at radius 3 is 3.00 bits per heavy atom. The Balaban J connectivity index is 1.90. The van der Waals surface area contributed by atoms with E-state index >= 15 is 0 Å². The van der Waals surface area contributed by atoms with E-state index in [-0.39, 0.29) is 5.91 Å². The maximum absolute atomic E-state index is 12.5. The minimum absolute atomic E-state index is 0.207. The Kier molecular flexibility index (Phi) is 4.04. The van der Waals surface area contributed by atoms with Crippen molar-refractivity contribution in [1.29, 1.82) is 0 Å². The Hall–Kier alpha value is -2.43. The number of aryl methyl sites for hydroxylation is 1. The second-order valence-corrected chi connectivity index (χ2v) is 5.51. The fourth-order valence-corrected chi connectivity index (χ4v) is 2.69. The lowest BCUT2D eigenvalue weighted by atomic mass is 10.1. The minimum atomic E-state index is -0.706. The van der Waals surface area contributed by atoms with Gasteiger partial charge in [-0.3, -0.25) is 9.78 Å². The van der Waals surface area contributed by atoms with Gasteiger partial charge in [0.1, 0.15) is 0 Å². The Morgan fingerprint density at radius 1 is 1.32 bits per heavy atom. The number of fused-ring (bicyclic) bond motifs is 1. The lowest BCUT2D eigenvalue weighted by molar-refractivity contribution is -0.129. The molecular weight excluding hydrogens is 280 g/mol. The average Bonchev–Trinajstić information content (AvgIpc) is 2.71. The maximum atomic E-state index is 12.5. The van der Waals surface area contributed by atoms with Crippen LogP contribution in [-0.2, 0) is 9.53 Å². The van der Waals surface area contributed by atoms with E-state index in [0.29, 0.717) is 18.5 Å². The summed E-state index contributed by atoms with van der Waals surface area (Å²) in [6.07, 6.45) is 1.64. The number of benzene rings is 1. The molecule has 1 aliphatic heterocycles. The molecule has 114 valence electrons. The van der Waals surface area contributed by atoms with Crippen LogP contribution in [0.1, 0.15) is 35.3 Å². The van der Waals surface area contributed by atoms with Crippen molar-refractivity contribution < 1.29 is 14.3 Å². The molecule has 0 radical (unpaired) electrons. The monoisotopic (exact) mass is 298 g/mol. The average molecular weight is 298 g/mol. The van der Waals surface area contributed by atoms with E-state index in [1.807, 2.05) is 31.2 Å². The van der Waals surface area contributed by atoms with Crippen LogP contribution in [0.5, 0.6) is 0 Å². The van der Waals surface area contributed by atoms with Crippen LogP contribution in [-0.4, -0.2) is 29.5 Å². The van der Waals surface area contributed by atoms with Gasteiger partial charge in [-0.1, -0.05) is 18.2 Å². The first-order chi connectivity index (χ1) is 10.6. The van der Waals surface area contributed by atoms with Crippen molar-refractivity contribution in [3.05, 3.63) is 41.6 Å². The predicted octanol–water partition coefficient (Wildman–Crippen LogP) is 2.37. The van der Waals surface area contributed by atoms with E-state index in [2.05, 4.69) is 10.3 Å². The molecule has 0 aliphatic carbocycles. The first-order valence-electron chi connectivity index (χ1n) is 7.50. The highest BCUT2D eigenvalue weighted by Gasteiger charge is 2.26. The van der Waals surface area contributed by atoms with Crippen molar-refractivity contribution in [2.24, 2.45) is 0 Å². The summed E-state index contributed by atoms with van der Waals surface area (Å²) < 4.78 is 5.45. The molecule has 0 bridgehead atoms. The number of carbonyl (C=O) groups is 2. The topological polar surface area (TPSA) is 68.3 Å². The lowest BCUT2D eigenvalue weighted by Crippen LogP contribution is -2.36. The summed E-state index contributed by atoms with van der Waals surface area (Å²) in [6, 6.07) is 9.14. The van der Waals surface area contributed by atoms with Crippen LogP contribution in [0.4, 0.5) is 0 Å². The van der Waals surface area contributed by atoms with Crippen LogP contribution in [0, 0.1) is 6.92 Å². The zero-order valence-corrected chi connectivity index (χ0v) is 12.5. The maximum Gasteiger partial charge on any atom is 0.339 e. The molecule has 5 nitrogen and oxygen atoms in total. The molecule has 2 heterocycles. The van der Waals surface area contributed by atoms with E-state index in [1.54, 1.807) is 6.07 Å². The van der Waals surface area contributed by atoms with Crippen LogP contribution in [0.25, 0.3) is 10.9 Å². The van der Waals surface area contributed by atoms with Gasteiger partial charge in [-0.15, -0.1) is 0 Å². The third-order valence-corrected chi connectivity index (χ3v) is 3.80. The van der Waals surface area contributed by atoms with Gasteiger partial charge in [0.05, 0.1) is 11.1 Å². The number of nitrogens with zero attached hydrogens (tertiary/aromatic N) is 1. The predicted molar refractivity (Wildman–Crippen MR) is 82.5 cm³/mol. The molecule has 1 aliphatic rings. The minimum Gasteiger partial charge on any atom is -0.449 e. The summed E-state index contributed by atoms with van der Waals surface area (Å²) >= 11 is 0. The van der Waals surface area contributed by atoms with Gasteiger partial charge < -0.3 is 10.1 Å². The molecule has 1 atom stereocenters. The Morgan fingerprint density at radius 2 is 2.14 bits per heavy atom. The summed E-state index contributed by atoms with van der Waals surface area (Å²) in [4.78, 5) is 28.8. The molecular formula is C17H18N2O3. The number of para-hydroxylation sites is 1. The molecule has 0 unspecified atom stereocenters. The number of hydrogen-bond acceptors (Lipinski definition) is 4. The fraction of sp³-hybridized carbons (Fsp3) is 0.353. The third kappa shape index (κ3) is 2.93. The van der Waals surface area contributed by atoms with Gasteiger partial charge in [0, 0.05) is 17.6 Å². The van der Waals surface area contributed by atoms with E-state index in [4.69, 9.17) is 4.74 Å². The number of hydrogen-bond donors (Lipinski definition) is 1. The van der Waals surface area contributed by atoms with Crippen molar-refractivity contribution in [2.75, 3.05) is 6.54 Å². The molecule has 1 N–H and O–H groups in total. The molecule has 0 saturated carbocycles. The highest BCUT2D eigenvalue weighted by molar-refractivity contribution is 6.04. The lowest BCUT2D eigenvalue weighted by Gasteiger charge is -2.15. The van der Waals surface area contributed by atoms with Gasteiger partial charge in [-0.2, -0.15) is 0 Å². The Labute approximate surface area is 128 Å². The van der Waals surface area contributed by atoms with Gasteiger partial charge in [0.2, 0.25) is 0 Å². The number of carbonyl (C=O) groups excluding carboxylic acids is 2. The summed E-state index contributed by atoms with van der Waals surface area (Å²) in [5.41, 5.74) is 1.95. The number of nitrogens with one attached hydrogen (secondary N) is 1. The van der Waals surface area contributed by atoms with E-state index in [9.17, 15) is 9.59 Å². The van der Waals surface area contributed by atoms with Crippen LogP contribution in [0.2, 0.25) is 0 Å². The van der Waals surface area contributed by atoms with Crippen molar-refractivity contribution in [3.63, 3.8) is 0 Å². The first kappa shape index (κ1) is 14.5. The molecule has 1 amide bonds. The van der Waals surface area contributed by atoms with Gasteiger partial charge in [0.15, 0.2) is 6.10 Å². The smallest absolute Gasteiger partial charge is 0.339 e. The van der Waals surface area contributed by atoms with E-state index in [1.165, 1.54) is 0 Å². The normalized spacial score (nSPS) is 18.6. The van der Waals surface area contributed by atoms with Gasteiger partial charge in [-0.05, 0) is 38.3 Å². The molecule has 1 aromatic heterocycles. The number of pyridine rings is 1. The highest BCUT2D eigenvalue weighted by Crippen LogP contribution is 2.20. The number of aromatic nitrogens is 1. The highest BCUT2D eigenvalue weighted by atomic mass is 16.5. The molecule has 1 aromatic carbocycles. The molecule has 1 saturated heterocycles. The van der Waals surface area contributed by atoms with Crippen molar-refractivity contribution >= 4 is 22.8 Å². The third-order valence-electron chi connectivity index (χ3n) is 3.80. The van der Waals surface area contributed by atoms with Crippen molar-refractivity contribution in [2.45, 2.75) is 32.3 Å². The summed E-state index contributed by atoms with van der Waals surface area (Å²) in [5.74, 6) is -0.676. The molecule has 0 spiro atoms. The number of rotatable bonds is 2. The van der Waals surface area contributed by atoms with Crippen molar-refractivity contribution in [3.8, 4) is 0 Å². The van der Waals surface area contributed by atoms with Gasteiger partial charge in [-0.25, -0.2) is 4.79 Å². The number of esters is 1. The molecule has 2 aromatic rings. The van der Waals surface area contributed by atoms with Crippen LogP contribution in [0.3, 0.4) is 0 Å². The largest absolute Gasteiger partial charge is 0.449 e. The Bertz CT molecular complexity index is 727. The summed E-state index contributed by atoms with van der Waals surface area (Å²) in [7, 11) is 0. The molecule has 22 heavy (non-hydrogen) atoms. The van der Waals surface area contributed by atoms with E-state index in [0.717, 1.165) is 29.4 Å². The molecule has 1 fully saturated rings. The zero-order chi connectivity index (χ0) is 15.5. The van der Waals surface area contributed by atoms with Crippen LogP contribution < -0.4 is 5.32 Å². The second-order valence-electron chi connectivity index (χ2n) is 5.51.